The van der Waals surface area contributed by atoms with Gasteiger partial charge in [0.1, 0.15) is 11.5 Å². The molecule has 4 rings (SSSR count). The van der Waals surface area contributed by atoms with Crippen molar-refractivity contribution in [3.63, 3.8) is 0 Å². The average molecular weight is 395 g/mol. The van der Waals surface area contributed by atoms with E-state index in [-0.39, 0.29) is 5.91 Å². The molecule has 0 radical (unpaired) electrons. The fourth-order valence-electron chi connectivity index (χ4n) is 4.10. The molecule has 1 fully saturated rings. The maximum Gasteiger partial charge on any atom is 0.224 e. The highest BCUT2D eigenvalue weighted by molar-refractivity contribution is 5.94. The molecular formula is C24H30N2O3. The maximum absolute atomic E-state index is 11.5. The molecule has 1 aliphatic carbocycles. The van der Waals surface area contributed by atoms with E-state index in [4.69, 9.17) is 9.47 Å². The number of aryl methyl sites for hydroxylation is 1. The Morgan fingerprint density at radius 3 is 2.93 bits per heavy atom. The second kappa shape index (κ2) is 9.31. The molecule has 2 aromatic carbocycles. The number of hydrogen-bond acceptors (Lipinski definition) is 4. The van der Waals surface area contributed by atoms with Crippen LogP contribution in [-0.4, -0.2) is 32.7 Å². The molecule has 5 heteroatoms. The van der Waals surface area contributed by atoms with E-state index in [0.29, 0.717) is 24.9 Å². The van der Waals surface area contributed by atoms with Crippen molar-refractivity contribution in [1.29, 1.82) is 0 Å². The Bertz CT molecular complexity index is 852. The van der Waals surface area contributed by atoms with E-state index >= 15 is 0 Å². The minimum atomic E-state index is 0.0873. The van der Waals surface area contributed by atoms with Gasteiger partial charge in [-0.2, -0.15) is 0 Å². The number of hydrogen-bond donors (Lipinski definition) is 2. The van der Waals surface area contributed by atoms with Gasteiger partial charge in [0.2, 0.25) is 5.91 Å². The average Bonchev–Trinajstić information content (AvgIpc) is 3.52. The highest BCUT2D eigenvalue weighted by atomic mass is 16.5. The van der Waals surface area contributed by atoms with Crippen LogP contribution in [-0.2, 0) is 11.2 Å². The predicted molar refractivity (Wildman–Crippen MR) is 115 cm³/mol. The number of anilines is 1. The molecule has 0 bridgehead atoms. The molecule has 154 valence electrons. The van der Waals surface area contributed by atoms with Crippen LogP contribution in [0.1, 0.15) is 42.7 Å². The van der Waals surface area contributed by atoms with Crippen LogP contribution in [0.4, 0.5) is 5.69 Å². The predicted octanol–water partition coefficient (Wildman–Crippen LogP) is 4.13. The summed E-state index contributed by atoms with van der Waals surface area (Å²) in [5, 5.41) is 6.51. The van der Waals surface area contributed by atoms with Gasteiger partial charge in [0.25, 0.3) is 0 Å². The molecule has 0 aromatic heterocycles. The van der Waals surface area contributed by atoms with Gasteiger partial charge in [-0.1, -0.05) is 24.3 Å². The fourth-order valence-corrected chi connectivity index (χ4v) is 4.10. The largest absolute Gasteiger partial charge is 0.496 e. The van der Waals surface area contributed by atoms with E-state index in [9.17, 15) is 4.79 Å². The van der Waals surface area contributed by atoms with E-state index in [2.05, 4.69) is 34.9 Å². The molecule has 2 atom stereocenters. The summed E-state index contributed by atoms with van der Waals surface area (Å²) in [6.07, 6.45) is 4.73. The minimum Gasteiger partial charge on any atom is -0.496 e. The van der Waals surface area contributed by atoms with E-state index in [0.717, 1.165) is 49.5 Å². The van der Waals surface area contributed by atoms with Gasteiger partial charge in [0.05, 0.1) is 13.7 Å². The third kappa shape index (κ3) is 5.10. The number of methoxy groups -OCH3 is 1. The smallest absolute Gasteiger partial charge is 0.224 e. The molecule has 2 unspecified atom stereocenters. The third-order valence-electron chi connectivity index (χ3n) is 5.86. The van der Waals surface area contributed by atoms with Crippen LogP contribution in [0.3, 0.4) is 0 Å². The Hall–Kier alpha value is -2.53. The maximum atomic E-state index is 11.5. The van der Waals surface area contributed by atoms with Gasteiger partial charge >= 0.3 is 0 Å². The van der Waals surface area contributed by atoms with Crippen molar-refractivity contribution in [2.75, 3.05) is 32.1 Å². The number of nitrogens with one attached hydrogen (secondary N) is 2. The minimum absolute atomic E-state index is 0.0873. The molecule has 1 amide bonds. The van der Waals surface area contributed by atoms with Gasteiger partial charge in [-0.3, -0.25) is 4.79 Å². The third-order valence-corrected chi connectivity index (χ3v) is 5.86. The number of rotatable bonds is 10. The normalized spacial score (nSPS) is 20.0. The SMILES string of the molecule is COc1ccccc1C1CC1CNCCCCOc1ccc2c(c1)NC(=O)CC2. The number of benzene rings is 2. The van der Waals surface area contributed by atoms with E-state index in [1.54, 1.807) is 7.11 Å². The summed E-state index contributed by atoms with van der Waals surface area (Å²) in [4.78, 5) is 11.5. The Morgan fingerprint density at radius 2 is 2.03 bits per heavy atom. The number of para-hydroxylation sites is 1. The molecule has 5 nitrogen and oxygen atoms in total. The zero-order valence-electron chi connectivity index (χ0n) is 17.1. The topological polar surface area (TPSA) is 59.6 Å². The number of carbonyl (C=O) groups is 1. The van der Waals surface area contributed by atoms with Gasteiger partial charge < -0.3 is 20.1 Å². The first-order valence-electron chi connectivity index (χ1n) is 10.6. The van der Waals surface area contributed by atoms with Crippen molar-refractivity contribution in [1.82, 2.24) is 5.32 Å². The molecule has 1 heterocycles. The van der Waals surface area contributed by atoms with E-state index in [1.807, 2.05) is 18.2 Å². The zero-order valence-corrected chi connectivity index (χ0v) is 17.1. The number of fused-ring (bicyclic) bond motifs is 1. The van der Waals surface area contributed by atoms with Crippen molar-refractivity contribution in [2.45, 2.75) is 38.0 Å². The molecule has 29 heavy (non-hydrogen) atoms. The van der Waals surface area contributed by atoms with Crippen LogP contribution < -0.4 is 20.1 Å². The fraction of sp³-hybridized carbons (Fsp3) is 0.458. The zero-order chi connectivity index (χ0) is 20.1. The molecule has 1 saturated carbocycles. The van der Waals surface area contributed by atoms with Crippen molar-refractivity contribution in [2.24, 2.45) is 5.92 Å². The van der Waals surface area contributed by atoms with Crippen LogP contribution in [0.15, 0.2) is 42.5 Å². The Kier molecular flexibility index (Phi) is 6.35. The summed E-state index contributed by atoms with van der Waals surface area (Å²) >= 11 is 0. The summed E-state index contributed by atoms with van der Waals surface area (Å²) < 4.78 is 11.3. The van der Waals surface area contributed by atoms with Gasteiger partial charge in [0, 0.05) is 18.2 Å². The molecule has 1 aliphatic heterocycles. The molecule has 0 spiro atoms. The number of carbonyl (C=O) groups excluding carboxylic acids is 1. The lowest BCUT2D eigenvalue weighted by Gasteiger charge is -2.17. The van der Waals surface area contributed by atoms with Crippen molar-refractivity contribution in [3.05, 3.63) is 53.6 Å². The summed E-state index contributed by atoms with van der Waals surface area (Å²) in [5.74, 6) is 3.28. The number of ether oxygens (including phenoxy) is 2. The van der Waals surface area contributed by atoms with Crippen LogP contribution in [0, 0.1) is 5.92 Å². The quantitative estimate of drug-likeness (QED) is 0.595. The Labute approximate surface area is 172 Å². The van der Waals surface area contributed by atoms with Crippen molar-refractivity contribution in [3.8, 4) is 11.5 Å². The Morgan fingerprint density at radius 1 is 1.14 bits per heavy atom. The van der Waals surface area contributed by atoms with Crippen LogP contribution in [0.5, 0.6) is 11.5 Å². The summed E-state index contributed by atoms with van der Waals surface area (Å²) in [5.41, 5.74) is 3.43. The monoisotopic (exact) mass is 394 g/mol. The highest BCUT2D eigenvalue weighted by Crippen LogP contribution is 2.49. The first kappa shape index (κ1) is 19.8. The second-order valence-corrected chi connectivity index (χ2v) is 7.97. The van der Waals surface area contributed by atoms with Gasteiger partial charge in [-0.15, -0.1) is 0 Å². The highest BCUT2D eigenvalue weighted by Gasteiger charge is 2.39. The Balaban J connectivity index is 1.10. The molecular weight excluding hydrogens is 364 g/mol. The van der Waals surface area contributed by atoms with Crippen LogP contribution >= 0.6 is 0 Å². The molecule has 2 aromatic rings. The first-order valence-corrected chi connectivity index (χ1v) is 10.6. The summed E-state index contributed by atoms with van der Waals surface area (Å²) in [6.45, 7) is 2.77. The van der Waals surface area contributed by atoms with E-state index < -0.39 is 0 Å². The molecule has 0 saturated heterocycles. The lowest BCUT2D eigenvalue weighted by Crippen LogP contribution is -2.19. The van der Waals surface area contributed by atoms with Gasteiger partial charge in [0.15, 0.2) is 0 Å². The standard InChI is InChI=1S/C24H30N2O3/c1-28-23-7-3-2-6-20(23)21-14-18(21)16-25-12-4-5-13-29-19-10-8-17-9-11-24(27)26-22(17)15-19/h2-3,6-8,10,15,18,21,25H,4-5,9,11-14,16H2,1H3,(H,26,27). The lowest BCUT2D eigenvalue weighted by atomic mass is 10.0. The lowest BCUT2D eigenvalue weighted by molar-refractivity contribution is -0.116. The van der Waals surface area contributed by atoms with Gasteiger partial charge in [-0.05, 0) is 73.9 Å². The van der Waals surface area contributed by atoms with Crippen molar-refractivity contribution < 1.29 is 14.3 Å². The van der Waals surface area contributed by atoms with E-state index in [1.165, 1.54) is 17.5 Å². The van der Waals surface area contributed by atoms with Crippen LogP contribution in [0.2, 0.25) is 0 Å². The molecule has 2 aliphatic rings. The number of unbranched alkanes of at least 4 members (excludes halogenated alkanes) is 1. The van der Waals surface area contributed by atoms with Gasteiger partial charge in [-0.25, -0.2) is 0 Å². The summed E-state index contributed by atoms with van der Waals surface area (Å²) in [7, 11) is 1.75. The number of amides is 1. The summed E-state index contributed by atoms with van der Waals surface area (Å²) in [6, 6.07) is 14.4. The second-order valence-electron chi connectivity index (χ2n) is 7.97. The molecule has 2 N–H and O–H groups in total. The van der Waals surface area contributed by atoms with Crippen LogP contribution in [0.25, 0.3) is 0 Å². The van der Waals surface area contributed by atoms with Crippen molar-refractivity contribution >= 4 is 11.6 Å². The first-order chi connectivity index (χ1) is 14.2.